The van der Waals surface area contributed by atoms with Gasteiger partial charge in [-0.3, -0.25) is 4.79 Å². The number of hydrogen-bond acceptors (Lipinski definition) is 7. The number of benzene rings is 4. The first kappa shape index (κ1) is 28.5. The van der Waals surface area contributed by atoms with E-state index in [4.69, 9.17) is 24.3 Å². The number of carbonyl (C=O) groups is 1. The van der Waals surface area contributed by atoms with Gasteiger partial charge in [0.15, 0.2) is 17.3 Å². The van der Waals surface area contributed by atoms with E-state index in [1.165, 1.54) is 0 Å². The first-order chi connectivity index (χ1) is 21.4. The fraction of sp³-hybridized carbons (Fsp3) is 0.171. The molecule has 2 N–H and O–H groups in total. The van der Waals surface area contributed by atoms with E-state index in [0.717, 1.165) is 22.3 Å². The van der Waals surface area contributed by atoms with Crippen LogP contribution in [-0.2, 0) is 11.4 Å². The number of para-hydroxylation sites is 2. The monoisotopic (exact) mass is 587 g/mol. The van der Waals surface area contributed by atoms with Crippen LogP contribution in [0.25, 0.3) is 11.4 Å². The van der Waals surface area contributed by atoms with Crippen molar-refractivity contribution in [2.75, 3.05) is 24.9 Å². The van der Waals surface area contributed by atoms with E-state index in [2.05, 4.69) is 10.6 Å². The summed E-state index contributed by atoms with van der Waals surface area (Å²) in [5.74, 6) is 2.47. The van der Waals surface area contributed by atoms with E-state index in [1.54, 1.807) is 31.0 Å². The lowest BCUT2D eigenvalue weighted by molar-refractivity contribution is -0.113. The summed E-state index contributed by atoms with van der Waals surface area (Å²) in [6.45, 7) is 4.28. The van der Waals surface area contributed by atoms with Crippen molar-refractivity contribution in [2.45, 2.75) is 26.5 Å². The molecule has 0 fully saturated rings. The highest BCUT2D eigenvalue weighted by molar-refractivity contribution is 6.06. The average molecular weight is 588 g/mol. The molecule has 44 heavy (non-hydrogen) atoms. The van der Waals surface area contributed by atoms with E-state index in [1.807, 2.05) is 98.8 Å². The summed E-state index contributed by atoms with van der Waals surface area (Å²) in [5.41, 5.74) is 5.49. The van der Waals surface area contributed by atoms with Crippen LogP contribution in [0, 0.1) is 6.92 Å². The molecular formula is C35H33N5O4. The predicted octanol–water partition coefficient (Wildman–Crippen LogP) is 6.78. The first-order valence-corrected chi connectivity index (χ1v) is 14.3. The summed E-state index contributed by atoms with van der Waals surface area (Å²) in [6.07, 6.45) is 0. The van der Waals surface area contributed by atoms with Crippen molar-refractivity contribution < 1.29 is 19.0 Å². The molecule has 0 bridgehead atoms. The van der Waals surface area contributed by atoms with E-state index >= 15 is 0 Å². The fourth-order valence-corrected chi connectivity index (χ4v) is 5.31. The number of aryl methyl sites for hydroxylation is 1. The molecule has 1 unspecified atom stereocenters. The number of methoxy groups -OCH3 is 2. The lowest BCUT2D eigenvalue weighted by atomic mass is 9.94. The average Bonchev–Trinajstić information content (AvgIpc) is 3.47. The van der Waals surface area contributed by atoms with Crippen LogP contribution in [-0.4, -0.2) is 34.9 Å². The molecule has 1 amide bonds. The summed E-state index contributed by atoms with van der Waals surface area (Å²) in [6, 6.07) is 30.3. The van der Waals surface area contributed by atoms with Crippen molar-refractivity contribution in [3.05, 3.63) is 125 Å². The molecule has 1 aliphatic rings. The molecule has 2 heterocycles. The highest BCUT2D eigenvalue weighted by Crippen LogP contribution is 2.40. The number of carbonyl (C=O) groups excluding carboxylic acids is 1. The van der Waals surface area contributed by atoms with Crippen molar-refractivity contribution in [2.24, 2.45) is 0 Å². The number of aromatic nitrogens is 3. The van der Waals surface area contributed by atoms with Crippen LogP contribution >= 0.6 is 0 Å². The predicted molar refractivity (Wildman–Crippen MR) is 170 cm³/mol. The Labute approximate surface area is 256 Å². The highest BCUT2D eigenvalue weighted by Gasteiger charge is 2.35. The second-order valence-corrected chi connectivity index (χ2v) is 10.5. The number of anilines is 2. The number of ether oxygens (including phenoxy) is 3. The molecule has 4 aromatic carbocycles. The van der Waals surface area contributed by atoms with Gasteiger partial charge in [0.2, 0.25) is 5.95 Å². The Bertz CT molecular complexity index is 1850. The normalized spacial score (nSPS) is 14.0. The van der Waals surface area contributed by atoms with Crippen LogP contribution < -0.4 is 24.8 Å². The molecule has 6 rings (SSSR count). The van der Waals surface area contributed by atoms with Crippen LogP contribution in [0.2, 0.25) is 0 Å². The molecule has 0 radical (unpaired) electrons. The third-order valence-corrected chi connectivity index (χ3v) is 7.47. The van der Waals surface area contributed by atoms with Gasteiger partial charge in [-0.25, -0.2) is 4.68 Å². The Hall–Kier alpha value is -5.57. The maximum atomic E-state index is 14.1. The largest absolute Gasteiger partial charge is 0.495 e. The minimum Gasteiger partial charge on any atom is -0.495 e. The Balaban J connectivity index is 1.41. The number of hydrogen-bond donors (Lipinski definition) is 2. The molecule has 1 atom stereocenters. The van der Waals surface area contributed by atoms with Gasteiger partial charge in [-0.15, -0.1) is 5.10 Å². The Morgan fingerprint density at radius 2 is 1.64 bits per heavy atom. The second-order valence-electron chi connectivity index (χ2n) is 10.5. The molecule has 222 valence electrons. The molecule has 9 heteroatoms. The van der Waals surface area contributed by atoms with Gasteiger partial charge in [-0.05, 0) is 55.3 Å². The maximum Gasteiger partial charge on any atom is 0.255 e. The van der Waals surface area contributed by atoms with Gasteiger partial charge in [0.25, 0.3) is 5.91 Å². The van der Waals surface area contributed by atoms with Crippen LogP contribution in [0.4, 0.5) is 11.6 Å². The first-order valence-electron chi connectivity index (χ1n) is 14.3. The number of nitrogens with one attached hydrogen (secondary N) is 2. The summed E-state index contributed by atoms with van der Waals surface area (Å²) < 4.78 is 19.1. The Morgan fingerprint density at radius 1 is 0.864 bits per heavy atom. The fourth-order valence-electron chi connectivity index (χ4n) is 5.31. The van der Waals surface area contributed by atoms with Gasteiger partial charge in [-0.1, -0.05) is 72.3 Å². The molecule has 0 saturated heterocycles. The number of nitrogens with zero attached hydrogens (tertiary/aromatic N) is 3. The molecular weight excluding hydrogens is 554 g/mol. The van der Waals surface area contributed by atoms with Crippen LogP contribution in [0.3, 0.4) is 0 Å². The number of allylic oxidation sites excluding steroid dienone is 1. The third kappa shape index (κ3) is 5.72. The smallest absolute Gasteiger partial charge is 0.255 e. The zero-order chi connectivity index (χ0) is 30.6. The standard InChI is InChI=1S/C35H33N5O4/c1-22-11-10-14-26(19-22)33-38-35-36-23(2)31(34(41)37-27-15-8-9-16-28(27)42-3)32(40(35)39-33)25-17-18-29(30(20-25)43-4)44-21-24-12-6-5-7-13-24/h5-20,32H,21H2,1-4H3,(H,37,41)(H,36,38,39). The van der Waals surface area contributed by atoms with Crippen molar-refractivity contribution in [1.29, 1.82) is 0 Å². The van der Waals surface area contributed by atoms with Gasteiger partial charge < -0.3 is 24.8 Å². The summed E-state index contributed by atoms with van der Waals surface area (Å²) in [5, 5.41) is 11.3. The summed E-state index contributed by atoms with van der Waals surface area (Å²) in [7, 11) is 3.17. The SMILES string of the molecule is COc1ccccc1NC(=O)C1=C(C)Nc2nc(-c3cccc(C)c3)nn2C1c1ccc(OCc2ccccc2)c(OC)c1. The summed E-state index contributed by atoms with van der Waals surface area (Å²) in [4.78, 5) is 18.9. The minimum atomic E-state index is -0.621. The van der Waals surface area contributed by atoms with Gasteiger partial charge in [0.1, 0.15) is 18.4 Å². The quantitative estimate of drug-likeness (QED) is 0.196. The Morgan fingerprint density at radius 3 is 2.41 bits per heavy atom. The van der Waals surface area contributed by atoms with Crippen LogP contribution in [0.1, 0.15) is 29.7 Å². The maximum absolute atomic E-state index is 14.1. The van der Waals surface area contributed by atoms with E-state index in [-0.39, 0.29) is 5.91 Å². The van der Waals surface area contributed by atoms with Crippen LogP contribution in [0.15, 0.2) is 108 Å². The van der Waals surface area contributed by atoms with Gasteiger partial charge in [-0.2, -0.15) is 4.98 Å². The molecule has 1 aliphatic heterocycles. The number of fused-ring (bicyclic) bond motifs is 1. The zero-order valence-electron chi connectivity index (χ0n) is 25.0. The zero-order valence-corrected chi connectivity index (χ0v) is 25.0. The van der Waals surface area contributed by atoms with Crippen LogP contribution in [0.5, 0.6) is 17.2 Å². The van der Waals surface area contributed by atoms with Crippen molar-refractivity contribution in [3.8, 4) is 28.6 Å². The van der Waals surface area contributed by atoms with Gasteiger partial charge in [0.05, 0.1) is 25.5 Å². The molecule has 9 nitrogen and oxygen atoms in total. The lowest BCUT2D eigenvalue weighted by Crippen LogP contribution is -2.31. The number of amides is 1. The number of rotatable bonds is 9. The topological polar surface area (TPSA) is 99.5 Å². The molecule has 1 aromatic heterocycles. The van der Waals surface area contributed by atoms with E-state index in [9.17, 15) is 4.79 Å². The van der Waals surface area contributed by atoms with Crippen molar-refractivity contribution in [3.63, 3.8) is 0 Å². The van der Waals surface area contributed by atoms with Crippen molar-refractivity contribution >= 4 is 17.5 Å². The van der Waals surface area contributed by atoms with Gasteiger partial charge in [0, 0.05) is 11.3 Å². The second kappa shape index (κ2) is 12.3. The van der Waals surface area contributed by atoms with Crippen molar-refractivity contribution in [1.82, 2.24) is 14.8 Å². The highest BCUT2D eigenvalue weighted by atomic mass is 16.5. The third-order valence-electron chi connectivity index (χ3n) is 7.47. The molecule has 0 aliphatic carbocycles. The van der Waals surface area contributed by atoms with Gasteiger partial charge >= 0.3 is 0 Å². The molecule has 0 spiro atoms. The molecule has 5 aromatic rings. The Kier molecular flexibility index (Phi) is 8.01. The van der Waals surface area contributed by atoms with E-state index in [0.29, 0.717) is 52.6 Å². The minimum absolute atomic E-state index is 0.300. The summed E-state index contributed by atoms with van der Waals surface area (Å²) >= 11 is 0. The van der Waals surface area contributed by atoms with E-state index < -0.39 is 6.04 Å². The lowest BCUT2D eigenvalue weighted by Gasteiger charge is -2.29. The molecule has 0 saturated carbocycles.